The Hall–Kier alpha value is -0.870. The molecule has 0 bridgehead atoms. The molecular formula is C11H13ClF3NO4S. The van der Waals surface area contributed by atoms with Gasteiger partial charge < -0.3 is 9.84 Å². The lowest BCUT2D eigenvalue weighted by Crippen LogP contribution is -2.40. The quantitative estimate of drug-likeness (QED) is 0.820. The summed E-state index contributed by atoms with van der Waals surface area (Å²) in [6, 6.07) is 1.26. The van der Waals surface area contributed by atoms with Crippen LogP contribution in [0.25, 0.3) is 0 Å². The molecule has 120 valence electrons. The molecule has 0 heterocycles. The molecule has 1 unspecified atom stereocenters. The van der Waals surface area contributed by atoms with Crippen LogP contribution in [-0.4, -0.2) is 39.9 Å². The molecule has 1 aromatic carbocycles. The van der Waals surface area contributed by atoms with E-state index in [4.69, 9.17) is 16.7 Å². The molecule has 0 amide bonds. The first-order valence-electron chi connectivity index (χ1n) is 5.60. The second-order valence-corrected chi connectivity index (χ2v) is 6.22. The molecule has 0 aliphatic carbocycles. The van der Waals surface area contributed by atoms with E-state index < -0.39 is 44.3 Å². The van der Waals surface area contributed by atoms with Gasteiger partial charge in [0.05, 0.1) is 34.7 Å². The van der Waals surface area contributed by atoms with Crippen LogP contribution in [0.2, 0.25) is 5.02 Å². The zero-order chi connectivity index (χ0) is 16.3. The first-order chi connectivity index (χ1) is 9.61. The van der Waals surface area contributed by atoms with Crippen LogP contribution in [0.4, 0.5) is 13.2 Å². The summed E-state index contributed by atoms with van der Waals surface area (Å²) in [5.41, 5.74) is -1.25. The average Bonchev–Trinajstić information content (AvgIpc) is 2.36. The van der Waals surface area contributed by atoms with Crippen molar-refractivity contribution >= 4 is 21.6 Å². The lowest BCUT2D eigenvalue weighted by Gasteiger charge is -2.16. The van der Waals surface area contributed by atoms with E-state index in [2.05, 4.69) is 4.74 Å². The summed E-state index contributed by atoms with van der Waals surface area (Å²) in [6.07, 6.45) is -4.77. The van der Waals surface area contributed by atoms with Crippen LogP contribution in [0, 0.1) is 0 Å². The van der Waals surface area contributed by atoms with Gasteiger partial charge >= 0.3 is 6.18 Å². The summed E-state index contributed by atoms with van der Waals surface area (Å²) >= 11 is 5.42. The molecule has 0 saturated carbocycles. The van der Waals surface area contributed by atoms with Crippen molar-refractivity contribution in [1.29, 1.82) is 0 Å². The van der Waals surface area contributed by atoms with E-state index in [9.17, 15) is 21.6 Å². The number of methoxy groups -OCH3 is 1. The maximum Gasteiger partial charge on any atom is 0.417 e. The average molecular weight is 348 g/mol. The highest BCUT2D eigenvalue weighted by molar-refractivity contribution is 7.89. The van der Waals surface area contributed by atoms with Crippen molar-refractivity contribution in [2.45, 2.75) is 17.1 Å². The highest BCUT2D eigenvalue weighted by Gasteiger charge is 2.34. The number of benzene rings is 1. The largest absolute Gasteiger partial charge is 0.417 e. The van der Waals surface area contributed by atoms with Crippen molar-refractivity contribution in [1.82, 2.24) is 4.72 Å². The summed E-state index contributed by atoms with van der Waals surface area (Å²) in [4.78, 5) is -0.603. The van der Waals surface area contributed by atoms with Crippen LogP contribution in [0.15, 0.2) is 23.1 Å². The Morgan fingerprint density at radius 3 is 2.52 bits per heavy atom. The molecule has 0 aromatic heterocycles. The van der Waals surface area contributed by atoms with Gasteiger partial charge in [-0.15, -0.1) is 0 Å². The normalized spacial score (nSPS) is 14.2. The summed E-state index contributed by atoms with van der Waals surface area (Å²) in [5, 5.41) is 8.39. The number of hydrogen-bond acceptors (Lipinski definition) is 4. The molecule has 0 aliphatic heterocycles. The molecule has 10 heteroatoms. The fourth-order valence-corrected chi connectivity index (χ4v) is 2.96. The van der Waals surface area contributed by atoms with Crippen molar-refractivity contribution in [3.8, 4) is 0 Å². The zero-order valence-electron chi connectivity index (χ0n) is 10.8. The maximum absolute atomic E-state index is 12.7. The first-order valence-corrected chi connectivity index (χ1v) is 7.46. The minimum Gasteiger partial charge on any atom is -0.395 e. The fourth-order valence-electron chi connectivity index (χ4n) is 1.50. The Balaban J connectivity index is 3.15. The summed E-state index contributed by atoms with van der Waals surface area (Å²) in [7, 11) is -2.95. The Labute approximate surface area is 124 Å². The van der Waals surface area contributed by atoms with Gasteiger partial charge in [0.1, 0.15) is 0 Å². The highest BCUT2D eigenvalue weighted by atomic mass is 35.5. The van der Waals surface area contributed by atoms with E-state index in [0.29, 0.717) is 6.07 Å². The van der Waals surface area contributed by atoms with Gasteiger partial charge in [-0.3, -0.25) is 0 Å². The Kier molecular flexibility index (Phi) is 6.00. The molecule has 0 spiro atoms. The molecule has 2 N–H and O–H groups in total. The van der Waals surface area contributed by atoms with Gasteiger partial charge in [0.15, 0.2) is 0 Å². The first kappa shape index (κ1) is 18.2. The van der Waals surface area contributed by atoms with Crippen LogP contribution in [0.5, 0.6) is 0 Å². The Bertz CT molecular complexity index is 592. The second-order valence-electron chi connectivity index (χ2n) is 4.10. The van der Waals surface area contributed by atoms with Gasteiger partial charge in [0, 0.05) is 7.11 Å². The zero-order valence-corrected chi connectivity index (χ0v) is 12.4. The molecule has 1 atom stereocenters. The molecule has 1 rings (SSSR count). The Morgan fingerprint density at radius 1 is 1.43 bits per heavy atom. The molecular weight excluding hydrogens is 335 g/mol. The van der Waals surface area contributed by atoms with E-state index in [1.807, 2.05) is 4.72 Å². The van der Waals surface area contributed by atoms with E-state index in [1.165, 1.54) is 7.11 Å². The smallest absolute Gasteiger partial charge is 0.395 e. The number of hydrogen-bond donors (Lipinski definition) is 2. The third-order valence-corrected chi connectivity index (χ3v) is 4.31. The molecule has 21 heavy (non-hydrogen) atoms. The van der Waals surface area contributed by atoms with Gasteiger partial charge in [0.25, 0.3) is 0 Å². The van der Waals surface area contributed by atoms with Crippen molar-refractivity contribution in [2.24, 2.45) is 0 Å². The van der Waals surface area contributed by atoms with Crippen LogP contribution in [0.3, 0.4) is 0 Å². The Morgan fingerprint density at radius 2 is 2.05 bits per heavy atom. The van der Waals surface area contributed by atoms with E-state index in [1.54, 1.807) is 0 Å². The number of nitrogens with one attached hydrogen (secondary N) is 1. The van der Waals surface area contributed by atoms with Crippen molar-refractivity contribution < 1.29 is 31.4 Å². The number of aliphatic hydroxyl groups excluding tert-OH is 1. The second kappa shape index (κ2) is 6.93. The number of alkyl halides is 3. The molecule has 1 aromatic rings. The van der Waals surface area contributed by atoms with Crippen molar-refractivity contribution in [2.75, 3.05) is 20.3 Å². The molecule has 0 fully saturated rings. The van der Waals surface area contributed by atoms with Crippen LogP contribution < -0.4 is 4.72 Å². The fraction of sp³-hybridized carbons (Fsp3) is 0.455. The predicted octanol–water partition coefficient (Wildman–Crippen LogP) is 1.64. The van der Waals surface area contributed by atoms with Crippen LogP contribution in [0.1, 0.15) is 5.56 Å². The molecule has 0 aliphatic rings. The van der Waals surface area contributed by atoms with E-state index in [-0.39, 0.29) is 6.61 Å². The number of rotatable bonds is 6. The minimum absolute atomic E-state index is 0.130. The topological polar surface area (TPSA) is 75.6 Å². The number of sulfonamides is 1. The third kappa shape index (κ3) is 4.82. The SMILES string of the molecule is COCC(CO)NS(=O)(=O)c1ccc(Cl)c(C(F)(F)F)c1. The summed E-state index contributed by atoms with van der Waals surface area (Å²) in [6.45, 7) is -0.692. The molecule has 0 saturated heterocycles. The predicted molar refractivity (Wildman–Crippen MR) is 69.5 cm³/mol. The number of aliphatic hydroxyl groups is 1. The van der Waals surface area contributed by atoms with Crippen LogP contribution in [-0.2, 0) is 20.9 Å². The van der Waals surface area contributed by atoms with Gasteiger partial charge in [0.2, 0.25) is 10.0 Å². The van der Waals surface area contributed by atoms with Crippen molar-refractivity contribution in [3.05, 3.63) is 28.8 Å². The standard InChI is InChI=1S/C11H13ClF3NO4S/c1-20-6-7(5-17)16-21(18,19)8-2-3-10(12)9(4-8)11(13,14)15/h2-4,7,16-17H,5-6H2,1H3. The van der Waals surface area contributed by atoms with E-state index >= 15 is 0 Å². The van der Waals surface area contributed by atoms with Gasteiger partial charge in [-0.1, -0.05) is 11.6 Å². The minimum atomic E-state index is -4.77. The van der Waals surface area contributed by atoms with E-state index in [0.717, 1.165) is 12.1 Å². The molecule has 5 nitrogen and oxygen atoms in total. The van der Waals surface area contributed by atoms with Crippen molar-refractivity contribution in [3.63, 3.8) is 0 Å². The lowest BCUT2D eigenvalue weighted by molar-refractivity contribution is -0.137. The van der Waals surface area contributed by atoms with Gasteiger partial charge in [-0.25, -0.2) is 13.1 Å². The summed E-state index contributed by atoms with van der Waals surface area (Å²) < 4.78 is 68.8. The monoisotopic (exact) mass is 347 g/mol. The van der Waals surface area contributed by atoms with Crippen LogP contribution >= 0.6 is 11.6 Å². The molecule has 0 radical (unpaired) electrons. The highest BCUT2D eigenvalue weighted by Crippen LogP contribution is 2.35. The number of ether oxygens (including phenoxy) is 1. The third-order valence-electron chi connectivity index (χ3n) is 2.46. The number of halogens is 4. The maximum atomic E-state index is 12.7. The van der Waals surface area contributed by atoms with Gasteiger partial charge in [-0.2, -0.15) is 13.2 Å². The van der Waals surface area contributed by atoms with Gasteiger partial charge in [-0.05, 0) is 18.2 Å². The lowest BCUT2D eigenvalue weighted by atomic mass is 10.2. The summed E-state index contributed by atoms with van der Waals surface area (Å²) in [5.74, 6) is 0.